The van der Waals surface area contributed by atoms with E-state index >= 15 is 0 Å². The van der Waals surface area contributed by atoms with Crippen molar-refractivity contribution in [3.63, 3.8) is 0 Å². The molecule has 3 rings (SSSR count). The molecule has 0 unspecified atom stereocenters. The van der Waals surface area contributed by atoms with Gasteiger partial charge in [0, 0.05) is 24.6 Å². The average molecular weight is 396 g/mol. The van der Waals surface area contributed by atoms with Crippen molar-refractivity contribution < 1.29 is 18.8 Å². The number of nitrogens with zero attached hydrogens (tertiary/aromatic N) is 2. The van der Waals surface area contributed by atoms with Gasteiger partial charge in [-0.3, -0.25) is 0 Å². The summed E-state index contributed by atoms with van der Waals surface area (Å²) in [5, 5.41) is 13.0. The molecule has 0 atom stereocenters. The molecule has 0 amide bonds. The van der Waals surface area contributed by atoms with Crippen LogP contribution < -0.4 is 0 Å². The number of carboxylic acid groups (broad SMARTS) is 1. The highest BCUT2D eigenvalue weighted by Crippen LogP contribution is 2.21. The number of rotatable bonds is 10. The third kappa shape index (κ3) is 6.26. The van der Waals surface area contributed by atoms with Gasteiger partial charge in [0.2, 0.25) is 0 Å². The van der Waals surface area contributed by atoms with E-state index in [1.807, 2.05) is 24.3 Å². The van der Waals surface area contributed by atoms with Gasteiger partial charge in [0.1, 0.15) is 17.3 Å². The van der Waals surface area contributed by atoms with Crippen LogP contribution in [0, 0.1) is 5.82 Å². The zero-order valence-electron chi connectivity index (χ0n) is 16.5. The summed E-state index contributed by atoms with van der Waals surface area (Å²) in [6.07, 6.45) is 3.94. The number of unbranched alkanes of at least 4 members (excludes halogenated alkanes) is 2. The molecule has 1 N–H and O–H groups in total. The highest BCUT2D eigenvalue weighted by Gasteiger charge is 2.08. The van der Waals surface area contributed by atoms with Gasteiger partial charge in [-0.15, -0.1) is 0 Å². The quantitative estimate of drug-likeness (QED) is 0.487. The summed E-state index contributed by atoms with van der Waals surface area (Å²) in [5.41, 5.74) is 2.79. The molecule has 3 aromatic rings. The van der Waals surface area contributed by atoms with Gasteiger partial charge >= 0.3 is 5.97 Å². The Morgan fingerprint density at radius 2 is 1.90 bits per heavy atom. The monoisotopic (exact) mass is 396 g/mol. The molecule has 6 heteroatoms. The van der Waals surface area contributed by atoms with Gasteiger partial charge in [-0.05, 0) is 56.3 Å². The van der Waals surface area contributed by atoms with Gasteiger partial charge in [0.15, 0.2) is 0 Å². The molecule has 0 spiro atoms. The zero-order valence-corrected chi connectivity index (χ0v) is 16.5. The van der Waals surface area contributed by atoms with E-state index in [0.717, 1.165) is 55.7 Å². The van der Waals surface area contributed by atoms with E-state index in [1.165, 1.54) is 12.1 Å². The van der Waals surface area contributed by atoms with Gasteiger partial charge in [-0.1, -0.05) is 35.8 Å². The second-order valence-electron chi connectivity index (χ2n) is 7.24. The lowest BCUT2D eigenvalue weighted by Crippen LogP contribution is -2.19. The number of aryl methyl sites for hydroxylation is 1. The number of aromatic nitrogens is 1. The Morgan fingerprint density at radius 1 is 1.10 bits per heavy atom. The number of carboxylic acids is 1. The normalized spacial score (nSPS) is 11.1. The maximum Gasteiger partial charge on any atom is 0.335 e. The van der Waals surface area contributed by atoms with Crippen molar-refractivity contribution in [3.8, 4) is 11.3 Å². The summed E-state index contributed by atoms with van der Waals surface area (Å²) in [5.74, 6) is -0.371. The van der Waals surface area contributed by atoms with Crippen LogP contribution in [-0.4, -0.2) is 34.7 Å². The molecular formula is C23H25FN2O3. The van der Waals surface area contributed by atoms with Crippen molar-refractivity contribution in [2.24, 2.45) is 0 Å². The molecule has 0 saturated carbocycles. The third-order valence-electron chi connectivity index (χ3n) is 4.80. The van der Waals surface area contributed by atoms with E-state index in [4.69, 9.17) is 9.63 Å². The molecule has 29 heavy (non-hydrogen) atoms. The second kappa shape index (κ2) is 9.98. The Morgan fingerprint density at radius 3 is 2.62 bits per heavy atom. The van der Waals surface area contributed by atoms with E-state index < -0.39 is 5.97 Å². The number of carbonyl (C=O) groups is 1. The van der Waals surface area contributed by atoms with Crippen LogP contribution in [0.25, 0.3) is 11.3 Å². The van der Waals surface area contributed by atoms with Crippen molar-refractivity contribution in [2.45, 2.75) is 32.2 Å². The molecule has 1 aromatic heterocycles. The predicted molar refractivity (Wildman–Crippen MR) is 109 cm³/mol. The van der Waals surface area contributed by atoms with Crippen LogP contribution in [0.15, 0.2) is 59.1 Å². The summed E-state index contributed by atoms with van der Waals surface area (Å²) in [6, 6.07) is 15.2. The zero-order chi connectivity index (χ0) is 20.6. The molecule has 0 aliphatic carbocycles. The van der Waals surface area contributed by atoms with E-state index in [2.05, 4.69) is 17.1 Å². The van der Waals surface area contributed by atoms with Crippen molar-refractivity contribution in [1.29, 1.82) is 0 Å². The van der Waals surface area contributed by atoms with Crippen molar-refractivity contribution in [1.82, 2.24) is 10.1 Å². The second-order valence-corrected chi connectivity index (χ2v) is 7.24. The number of hydrogen-bond acceptors (Lipinski definition) is 4. The number of halogens is 1. The first-order valence-corrected chi connectivity index (χ1v) is 9.73. The fourth-order valence-corrected chi connectivity index (χ4v) is 3.22. The highest BCUT2D eigenvalue weighted by molar-refractivity contribution is 5.87. The molecule has 0 bridgehead atoms. The molecule has 1 heterocycles. The van der Waals surface area contributed by atoms with Crippen molar-refractivity contribution in [3.05, 3.63) is 77.3 Å². The summed E-state index contributed by atoms with van der Waals surface area (Å²) in [4.78, 5) is 13.1. The van der Waals surface area contributed by atoms with Crippen LogP contribution in [-0.2, 0) is 13.0 Å². The van der Waals surface area contributed by atoms with Crippen LogP contribution in [0.5, 0.6) is 0 Å². The van der Waals surface area contributed by atoms with Crippen LogP contribution in [0.3, 0.4) is 0 Å². The van der Waals surface area contributed by atoms with Crippen LogP contribution >= 0.6 is 0 Å². The maximum absolute atomic E-state index is 13.3. The molecule has 0 aliphatic rings. The third-order valence-corrected chi connectivity index (χ3v) is 4.80. The number of aromatic carboxylic acids is 1. The fourth-order valence-electron chi connectivity index (χ4n) is 3.22. The molecule has 0 saturated heterocycles. The van der Waals surface area contributed by atoms with Crippen molar-refractivity contribution >= 4 is 5.97 Å². The van der Waals surface area contributed by atoms with Gasteiger partial charge in [0.25, 0.3) is 0 Å². The van der Waals surface area contributed by atoms with Gasteiger partial charge in [0.05, 0.1) is 5.56 Å². The first-order chi connectivity index (χ1) is 14.0. The highest BCUT2D eigenvalue weighted by atomic mass is 19.1. The van der Waals surface area contributed by atoms with Crippen LogP contribution in [0.1, 0.15) is 40.9 Å². The lowest BCUT2D eigenvalue weighted by atomic mass is 10.1. The van der Waals surface area contributed by atoms with E-state index in [9.17, 15) is 9.18 Å². The molecule has 0 radical (unpaired) electrons. The lowest BCUT2D eigenvalue weighted by Gasteiger charge is -2.16. The summed E-state index contributed by atoms with van der Waals surface area (Å²) < 4.78 is 18.7. The van der Waals surface area contributed by atoms with Crippen LogP contribution in [0.2, 0.25) is 0 Å². The first-order valence-electron chi connectivity index (χ1n) is 9.73. The Balaban J connectivity index is 1.36. The van der Waals surface area contributed by atoms with E-state index in [1.54, 1.807) is 18.2 Å². The summed E-state index contributed by atoms with van der Waals surface area (Å²) >= 11 is 0. The van der Waals surface area contributed by atoms with Crippen molar-refractivity contribution in [2.75, 3.05) is 13.6 Å². The Labute approximate surface area is 169 Å². The summed E-state index contributed by atoms with van der Waals surface area (Å²) in [7, 11) is 2.06. The number of benzene rings is 2. The fraction of sp³-hybridized carbons (Fsp3) is 0.304. The molecule has 0 fully saturated rings. The minimum absolute atomic E-state index is 0.283. The standard InChI is InChI=1S/C23H25FN2O3/c1-26(16-17-9-11-18(12-10-17)23(27)28)13-4-2-3-8-21-15-22(25-29-21)19-6-5-7-20(24)14-19/h5-7,9-12,14-15H,2-4,8,13,16H2,1H3,(H,27,28). The Bertz CT molecular complexity index is 937. The minimum Gasteiger partial charge on any atom is -0.478 e. The lowest BCUT2D eigenvalue weighted by molar-refractivity contribution is 0.0697. The Hall–Kier alpha value is -2.99. The predicted octanol–water partition coefficient (Wildman–Crippen LogP) is 5.02. The van der Waals surface area contributed by atoms with Gasteiger partial charge in [-0.2, -0.15) is 0 Å². The summed E-state index contributed by atoms with van der Waals surface area (Å²) in [6.45, 7) is 1.75. The average Bonchev–Trinajstić information content (AvgIpc) is 3.17. The molecule has 2 aromatic carbocycles. The van der Waals surface area contributed by atoms with E-state index in [-0.39, 0.29) is 5.82 Å². The van der Waals surface area contributed by atoms with Gasteiger partial charge in [-0.25, -0.2) is 9.18 Å². The molecular weight excluding hydrogens is 371 g/mol. The maximum atomic E-state index is 13.3. The minimum atomic E-state index is -0.903. The Kier molecular flexibility index (Phi) is 7.14. The molecule has 5 nitrogen and oxygen atoms in total. The molecule has 0 aliphatic heterocycles. The topological polar surface area (TPSA) is 66.6 Å². The number of hydrogen-bond donors (Lipinski definition) is 1. The first kappa shape index (κ1) is 20.7. The smallest absolute Gasteiger partial charge is 0.335 e. The van der Waals surface area contributed by atoms with Gasteiger partial charge < -0.3 is 14.5 Å². The van der Waals surface area contributed by atoms with E-state index in [0.29, 0.717) is 11.3 Å². The SMILES string of the molecule is CN(CCCCCc1cc(-c2cccc(F)c2)no1)Cc1ccc(C(=O)O)cc1. The molecule has 152 valence electrons. The van der Waals surface area contributed by atoms with Crippen LogP contribution in [0.4, 0.5) is 4.39 Å². The largest absolute Gasteiger partial charge is 0.478 e.